The molecule has 11 heteroatoms. The molecule has 2 amide bonds. The van der Waals surface area contributed by atoms with Crippen molar-refractivity contribution in [2.45, 2.75) is 6.54 Å². The number of carbonyl (C=O) groups excluding carboxylic acids is 2. The normalized spacial score (nSPS) is 15.4. The van der Waals surface area contributed by atoms with Gasteiger partial charge in [0.05, 0.1) is 24.1 Å². The first kappa shape index (κ1) is 22.3. The molecule has 4 N–H and O–H groups in total. The smallest absolute Gasteiger partial charge is 0.275 e. The molecule has 0 unspecified atom stereocenters. The summed E-state index contributed by atoms with van der Waals surface area (Å²) in [5.41, 5.74) is 8.78. The van der Waals surface area contributed by atoms with Gasteiger partial charge in [0, 0.05) is 49.9 Å². The van der Waals surface area contributed by atoms with Crippen LogP contribution in [0.25, 0.3) is 0 Å². The van der Waals surface area contributed by atoms with Gasteiger partial charge in [0.25, 0.3) is 11.8 Å². The number of fused-ring (bicyclic) bond motifs is 1. The standard InChI is InChI=1S/C23H25N7O3S/c24-4-10-33-16-2-1-15-13-30(22(32)17(15)11-16)23-28-19(14-34-23)21(31)27-18-12-26-5-3-20(18)29-8-6-25-7-9-29/h1-3,5,11-12,14,25H,4,6-10,13,24H2,(H,27,31). The summed E-state index contributed by atoms with van der Waals surface area (Å²) in [4.78, 5) is 38.4. The zero-order valence-electron chi connectivity index (χ0n) is 18.5. The van der Waals surface area contributed by atoms with Crippen LogP contribution in [0.5, 0.6) is 5.75 Å². The molecule has 0 aliphatic carbocycles. The van der Waals surface area contributed by atoms with Crippen LogP contribution in [0.4, 0.5) is 16.5 Å². The van der Waals surface area contributed by atoms with Crippen LogP contribution in [-0.4, -0.2) is 61.1 Å². The fourth-order valence-electron chi connectivity index (χ4n) is 4.04. The average Bonchev–Trinajstić information content (AvgIpc) is 3.49. The summed E-state index contributed by atoms with van der Waals surface area (Å²) in [6.07, 6.45) is 3.37. The molecule has 0 atom stereocenters. The van der Waals surface area contributed by atoms with E-state index in [1.165, 1.54) is 11.3 Å². The molecular formula is C23H25N7O3S. The van der Waals surface area contributed by atoms with Gasteiger partial charge in [-0.25, -0.2) is 4.98 Å². The Morgan fingerprint density at radius 1 is 1.26 bits per heavy atom. The van der Waals surface area contributed by atoms with E-state index in [4.69, 9.17) is 10.5 Å². The second-order valence-electron chi connectivity index (χ2n) is 7.95. The minimum atomic E-state index is -0.339. The van der Waals surface area contributed by atoms with Gasteiger partial charge >= 0.3 is 0 Å². The zero-order valence-corrected chi connectivity index (χ0v) is 19.3. The number of nitrogens with two attached hydrogens (primary N) is 1. The molecule has 0 spiro atoms. The van der Waals surface area contributed by atoms with Gasteiger partial charge in [0.1, 0.15) is 18.1 Å². The highest BCUT2D eigenvalue weighted by Crippen LogP contribution is 2.33. The molecule has 176 valence electrons. The largest absolute Gasteiger partial charge is 0.492 e. The maximum absolute atomic E-state index is 13.0. The fraction of sp³-hybridized carbons (Fsp3) is 0.304. The number of anilines is 3. The van der Waals surface area contributed by atoms with Crippen molar-refractivity contribution < 1.29 is 14.3 Å². The van der Waals surface area contributed by atoms with Crippen molar-refractivity contribution in [1.82, 2.24) is 15.3 Å². The Morgan fingerprint density at radius 2 is 2.12 bits per heavy atom. The number of amides is 2. The molecule has 5 rings (SSSR count). The molecule has 2 aliphatic heterocycles. The van der Waals surface area contributed by atoms with E-state index in [1.807, 2.05) is 18.2 Å². The predicted octanol–water partition coefficient (Wildman–Crippen LogP) is 1.70. The summed E-state index contributed by atoms with van der Waals surface area (Å²) in [5, 5.41) is 8.40. The average molecular weight is 480 g/mol. The van der Waals surface area contributed by atoms with Crippen molar-refractivity contribution >= 4 is 39.7 Å². The van der Waals surface area contributed by atoms with E-state index < -0.39 is 0 Å². The van der Waals surface area contributed by atoms with Gasteiger partial charge in [-0.1, -0.05) is 6.07 Å². The monoisotopic (exact) mass is 479 g/mol. The maximum Gasteiger partial charge on any atom is 0.275 e. The van der Waals surface area contributed by atoms with Crippen LogP contribution in [-0.2, 0) is 6.54 Å². The Morgan fingerprint density at radius 3 is 2.94 bits per heavy atom. The van der Waals surface area contributed by atoms with Crippen molar-refractivity contribution in [3.63, 3.8) is 0 Å². The lowest BCUT2D eigenvalue weighted by Gasteiger charge is -2.30. The molecule has 1 fully saturated rings. The first-order valence-corrected chi connectivity index (χ1v) is 12.0. The molecular weight excluding hydrogens is 454 g/mol. The Bertz CT molecular complexity index is 1210. The summed E-state index contributed by atoms with van der Waals surface area (Å²) in [6, 6.07) is 7.34. The summed E-state index contributed by atoms with van der Waals surface area (Å²) in [5.74, 6) is 0.103. The van der Waals surface area contributed by atoms with Crippen LogP contribution in [0.15, 0.2) is 42.0 Å². The number of aromatic nitrogens is 2. The number of benzene rings is 1. The van der Waals surface area contributed by atoms with Gasteiger partial charge < -0.3 is 26.0 Å². The molecule has 2 aliphatic rings. The number of piperazine rings is 1. The number of hydrogen-bond donors (Lipinski definition) is 3. The highest BCUT2D eigenvalue weighted by molar-refractivity contribution is 7.14. The second-order valence-corrected chi connectivity index (χ2v) is 8.78. The van der Waals surface area contributed by atoms with Gasteiger partial charge in [-0.15, -0.1) is 11.3 Å². The third-order valence-electron chi connectivity index (χ3n) is 5.73. The van der Waals surface area contributed by atoms with Crippen LogP contribution < -0.4 is 30.9 Å². The third kappa shape index (κ3) is 4.45. The van der Waals surface area contributed by atoms with Crippen LogP contribution in [0.2, 0.25) is 0 Å². The summed E-state index contributed by atoms with van der Waals surface area (Å²) < 4.78 is 5.54. The minimum absolute atomic E-state index is 0.164. The molecule has 2 aromatic heterocycles. The highest BCUT2D eigenvalue weighted by atomic mass is 32.1. The minimum Gasteiger partial charge on any atom is -0.492 e. The molecule has 34 heavy (non-hydrogen) atoms. The first-order valence-electron chi connectivity index (χ1n) is 11.1. The van der Waals surface area contributed by atoms with Gasteiger partial charge in [-0.3, -0.25) is 19.5 Å². The lowest BCUT2D eigenvalue weighted by Crippen LogP contribution is -2.43. The number of rotatable bonds is 7. The van der Waals surface area contributed by atoms with Crippen molar-refractivity contribution in [2.24, 2.45) is 5.73 Å². The molecule has 10 nitrogen and oxygen atoms in total. The highest BCUT2D eigenvalue weighted by Gasteiger charge is 2.31. The molecule has 1 aromatic carbocycles. The lowest BCUT2D eigenvalue weighted by molar-refractivity contribution is 0.0991. The van der Waals surface area contributed by atoms with E-state index in [1.54, 1.807) is 28.7 Å². The lowest BCUT2D eigenvalue weighted by atomic mass is 10.1. The second kappa shape index (κ2) is 9.75. The number of nitrogens with one attached hydrogen (secondary N) is 2. The number of thiazole rings is 1. The Balaban J connectivity index is 1.30. The molecule has 0 saturated carbocycles. The Kier molecular flexibility index (Phi) is 6.39. The summed E-state index contributed by atoms with van der Waals surface area (Å²) in [7, 11) is 0. The summed E-state index contributed by atoms with van der Waals surface area (Å²) in [6.45, 7) is 4.66. The maximum atomic E-state index is 13.0. The quantitative estimate of drug-likeness (QED) is 0.468. The van der Waals surface area contributed by atoms with E-state index in [-0.39, 0.29) is 17.5 Å². The number of pyridine rings is 1. The Labute approximate surface area is 200 Å². The summed E-state index contributed by atoms with van der Waals surface area (Å²) >= 11 is 1.26. The van der Waals surface area contributed by atoms with E-state index in [0.717, 1.165) is 37.4 Å². The molecule has 4 heterocycles. The van der Waals surface area contributed by atoms with E-state index in [9.17, 15) is 9.59 Å². The zero-order chi connectivity index (χ0) is 23.5. The van der Waals surface area contributed by atoms with Gasteiger partial charge in [0.15, 0.2) is 5.13 Å². The van der Waals surface area contributed by atoms with Crippen molar-refractivity contribution in [3.05, 3.63) is 58.9 Å². The first-order chi connectivity index (χ1) is 16.6. The SMILES string of the molecule is NCCOc1ccc2c(c1)C(=O)N(c1nc(C(=O)Nc3cnccc3N3CCNCC3)cs1)C2. The van der Waals surface area contributed by atoms with Crippen molar-refractivity contribution in [1.29, 1.82) is 0 Å². The predicted molar refractivity (Wildman–Crippen MR) is 131 cm³/mol. The molecule has 0 radical (unpaired) electrons. The van der Waals surface area contributed by atoms with Crippen LogP contribution >= 0.6 is 11.3 Å². The van der Waals surface area contributed by atoms with Crippen molar-refractivity contribution in [3.8, 4) is 5.75 Å². The topological polar surface area (TPSA) is 126 Å². The third-order valence-corrected chi connectivity index (χ3v) is 6.60. The molecule has 0 bridgehead atoms. The van der Waals surface area contributed by atoms with Gasteiger partial charge in [-0.05, 0) is 23.8 Å². The van der Waals surface area contributed by atoms with Gasteiger partial charge in [0.2, 0.25) is 0 Å². The Hall–Kier alpha value is -3.54. The van der Waals surface area contributed by atoms with Crippen molar-refractivity contribution in [2.75, 3.05) is 54.4 Å². The number of nitrogens with zero attached hydrogens (tertiary/aromatic N) is 4. The molecule has 3 aromatic rings. The number of ether oxygens (including phenoxy) is 1. The van der Waals surface area contributed by atoms with E-state index in [2.05, 4.69) is 25.5 Å². The fourth-order valence-corrected chi connectivity index (χ4v) is 4.85. The van der Waals surface area contributed by atoms with Crippen LogP contribution in [0.1, 0.15) is 26.4 Å². The van der Waals surface area contributed by atoms with Crippen LogP contribution in [0, 0.1) is 0 Å². The van der Waals surface area contributed by atoms with E-state index >= 15 is 0 Å². The van der Waals surface area contributed by atoms with Crippen LogP contribution in [0.3, 0.4) is 0 Å². The van der Waals surface area contributed by atoms with E-state index in [0.29, 0.717) is 41.8 Å². The number of hydrogen-bond acceptors (Lipinski definition) is 9. The van der Waals surface area contributed by atoms with Gasteiger partial charge in [-0.2, -0.15) is 0 Å². The number of carbonyl (C=O) groups is 2. The molecule has 1 saturated heterocycles.